The van der Waals surface area contributed by atoms with E-state index in [0.717, 1.165) is 0 Å². The van der Waals surface area contributed by atoms with Crippen molar-refractivity contribution < 1.29 is 0 Å². The molecule has 0 unspecified atom stereocenters. The zero-order valence-electron chi connectivity index (χ0n) is 9.65. The summed E-state index contributed by atoms with van der Waals surface area (Å²) in [6, 6.07) is 0. The Kier molecular flexibility index (Phi) is 3.30. The molecule has 0 nitrogen and oxygen atoms in total. The summed E-state index contributed by atoms with van der Waals surface area (Å²) in [5, 5.41) is 0. The zero-order valence-corrected chi connectivity index (χ0v) is 9.65. The third-order valence-electron chi connectivity index (χ3n) is 4.04. The maximum absolute atomic E-state index is 2.66. The lowest BCUT2D eigenvalue weighted by atomic mass is 9.73. The van der Waals surface area contributed by atoms with Gasteiger partial charge in [-0.05, 0) is 43.9 Å². The molecule has 0 bridgehead atoms. The van der Waals surface area contributed by atoms with Crippen LogP contribution >= 0.6 is 0 Å². The molecule has 2 aliphatic rings. The Hall–Kier alpha value is -0.260. The summed E-state index contributed by atoms with van der Waals surface area (Å²) in [5.41, 5.74) is 2.35. The second-order valence-electron chi connectivity index (χ2n) is 5.58. The lowest BCUT2D eigenvalue weighted by Gasteiger charge is -2.32. The minimum absolute atomic E-state index is 0.574. The van der Waals surface area contributed by atoms with Gasteiger partial charge in [0.1, 0.15) is 0 Å². The maximum atomic E-state index is 2.66. The lowest BCUT2D eigenvalue weighted by molar-refractivity contribution is 0.282. The van der Waals surface area contributed by atoms with Crippen LogP contribution in [0.15, 0.2) is 11.6 Å². The van der Waals surface area contributed by atoms with Gasteiger partial charge < -0.3 is 0 Å². The normalized spacial score (nSPS) is 27.4. The first-order valence-electron chi connectivity index (χ1n) is 6.49. The highest BCUT2D eigenvalue weighted by Gasteiger charge is 2.24. The van der Waals surface area contributed by atoms with Crippen molar-refractivity contribution in [3.05, 3.63) is 11.6 Å². The van der Waals surface area contributed by atoms with Crippen molar-refractivity contribution in [2.24, 2.45) is 5.41 Å². The van der Waals surface area contributed by atoms with E-state index < -0.39 is 0 Å². The van der Waals surface area contributed by atoms with Gasteiger partial charge in [0.25, 0.3) is 0 Å². The number of rotatable bonds is 1. The molecular weight excluding hydrogens is 168 g/mol. The molecule has 0 amide bonds. The minimum Gasteiger partial charge on any atom is -0.0794 e. The number of hydrogen-bond donors (Lipinski definition) is 0. The van der Waals surface area contributed by atoms with E-state index in [0.29, 0.717) is 5.41 Å². The second-order valence-corrected chi connectivity index (χ2v) is 5.58. The molecule has 0 spiro atoms. The molecule has 0 aromatic heterocycles. The summed E-state index contributed by atoms with van der Waals surface area (Å²) in [5.74, 6) is 0. The van der Waals surface area contributed by atoms with Gasteiger partial charge in [-0.2, -0.15) is 0 Å². The summed E-state index contributed by atoms with van der Waals surface area (Å²) in [6.07, 6.45) is 17.1. The van der Waals surface area contributed by atoms with Crippen molar-refractivity contribution in [3.8, 4) is 0 Å². The minimum atomic E-state index is 0.574. The van der Waals surface area contributed by atoms with E-state index in [1.807, 2.05) is 0 Å². The maximum Gasteiger partial charge on any atom is -0.0144 e. The average Bonchev–Trinajstić information content (AvgIpc) is 2.19. The van der Waals surface area contributed by atoms with Crippen molar-refractivity contribution in [2.75, 3.05) is 0 Å². The van der Waals surface area contributed by atoms with E-state index in [4.69, 9.17) is 0 Å². The summed E-state index contributed by atoms with van der Waals surface area (Å²) in [4.78, 5) is 0. The molecule has 0 aliphatic heterocycles. The van der Waals surface area contributed by atoms with E-state index in [2.05, 4.69) is 13.0 Å². The van der Waals surface area contributed by atoms with Gasteiger partial charge in [-0.1, -0.05) is 44.3 Å². The molecule has 0 aromatic rings. The third kappa shape index (κ3) is 2.62. The molecule has 2 aliphatic carbocycles. The molecule has 0 heterocycles. The van der Waals surface area contributed by atoms with E-state index in [1.165, 1.54) is 64.2 Å². The Morgan fingerprint density at radius 1 is 0.857 bits per heavy atom. The zero-order chi connectivity index (χ0) is 9.86. The van der Waals surface area contributed by atoms with Gasteiger partial charge in [0, 0.05) is 0 Å². The molecule has 2 rings (SSSR count). The van der Waals surface area contributed by atoms with Crippen LogP contribution in [0.3, 0.4) is 0 Å². The fourth-order valence-corrected chi connectivity index (χ4v) is 3.15. The molecule has 0 aromatic carbocycles. The summed E-state index contributed by atoms with van der Waals surface area (Å²) in [6.45, 7) is 2.48. The van der Waals surface area contributed by atoms with Crippen molar-refractivity contribution in [1.29, 1.82) is 0 Å². The summed E-state index contributed by atoms with van der Waals surface area (Å²) < 4.78 is 0. The van der Waals surface area contributed by atoms with Crippen LogP contribution in [0.2, 0.25) is 0 Å². The highest BCUT2D eigenvalue weighted by atomic mass is 14.3. The van der Waals surface area contributed by atoms with Crippen LogP contribution < -0.4 is 0 Å². The molecule has 2 fully saturated rings. The molecular formula is C14H24. The molecule has 2 saturated carbocycles. The molecule has 0 heteroatoms. The highest BCUT2D eigenvalue weighted by molar-refractivity contribution is 5.11. The largest absolute Gasteiger partial charge is 0.0794 e. The van der Waals surface area contributed by atoms with Gasteiger partial charge in [0.05, 0.1) is 0 Å². The summed E-state index contributed by atoms with van der Waals surface area (Å²) >= 11 is 0. The van der Waals surface area contributed by atoms with Crippen molar-refractivity contribution in [2.45, 2.75) is 71.1 Å². The first-order valence-corrected chi connectivity index (χ1v) is 6.49. The molecule has 0 atom stereocenters. The Balaban J connectivity index is 1.98. The first kappa shape index (κ1) is 10.3. The Bertz CT molecular complexity index is 198. The average molecular weight is 192 g/mol. The van der Waals surface area contributed by atoms with Crippen molar-refractivity contribution >= 4 is 0 Å². The standard InChI is InChI=1S/C14H24/c1-14(10-6-3-7-11-14)12-13-8-4-2-5-9-13/h12H,2-11H2,1H3. The predicted octanol–water partition coefficient (Wildman–Crippen LogP) is 4.85. The lowest BCUT2D eigenvalue weighted by Crippen LogP contribution is -2.18. The van der Waals surface area contributed by atoms with Gasteiger partial charge in [0.15, 0.2) is 0 Å². The van der Waals surface area contributed by atoms with Gasteiger partial charge in [-0.3, -0.25) is 0 Å². The van der Waals surface area contributed by atoms with Gasteiger partial charge in [-0.15, -0.1) is 0 Å². The predicted molar refractivity (Wildman–Crippen MR) is 62.4 cm³/mol. The highest BCUT2D eigenvalue weighted by Crippen LogP contribution is 2.39. The van der Waals surface area contributed by atoms with Crippen LogP contribution in [-0.4, -0.2) is 0 Å². The Morgan fingerprint density at radius 2 is 1.43 bits per heavy atom. The van der Waals surface area contributed by atoms with Crippen LogP contribution in [-0.2, 0) is 0 Å². The van der Waals surface area contributed by atoms with Crippen LogP contribution in [0.25, 0.3) is 0 Å². The van der Waals surface area contributed by atoms with E-state index >= 15 is 0 Å². The molecule has 80 valence electrons. The van der Waals surface area contributed by atoms with Crippen molar-refractivity contribution in [3.63, 3.8) is 0 Å². The first-order chi connectivity index (χ1) is 6.79. The molecule has 0 radical (unpaired) electrons. The molecule has 14 heavy (non-hydrogen) atoms. The Morgan fingerprint density at radius 3 is 2.07 bits per heavy atom. The number of hydrogen-bond acceptors (Lipinski definition) is 0. The van der Waals surface area contributed by atoms with E-state index in [1.54, 1.807) is 5.57 Å². The van der Waals surface area contributed by atoms with Crippen molar-refractivity contribution in [1.82, 2.24) is 0 Å². The van der Waals surface area contributed by atoms with Gasteiger partial charge in [-0.25, -0.2) is 0 Å². The smallest absolute Gasteiger partial charge is 0.0144 e. The monoisotopic (exact) mass is 192 g/mol. The van der Waals surface area contributed by atoms with Gasteiger partial charge in [0.2, 0.25) is 0 Å². The van der Waals surface area contributed by atoms with Gasteiger partial charge >= 0.3 is 0 Å². The SMILES string of the molecule is CC1(C=C2CCCCC2)CCCCC1. The molecule has 0 N–H and O–H groups in total. The Labute approximate surface area is 88.8 Å². The fourth-order valence-electron chi connectivity index (χ4n) is 3.15. The van der Waals surface area contributed by atoms with Crippen LogP contribution in [0.4, 0.5) is 0 Å². The van der Waals surface area contributed by atoms with Crippen LogP contribution in [0.1, 0.15) is 71.1 Å². The fraction of sp³-hybridized carbons (Fsp3) is 0.857. The third-order valence-corrected chi connectivity index (χ3v) is 4.04. The topological polar surface area (TPSA) is 0 Å². The quantitative estimate of drug-likeness (QED) is 0.521. The second kappa shape index (κ2) is 4.51. The summed E-state index contributed by atoms with van der Waals surface area (Å²) in [7, 11) is 0. The van der Waals surface area contributed by atoms with E-state index in [9.17, 15) is 0 Å². The molecule has 0 saturated heterocycles. The van der Waals surface area contributed by atoms with E-state index in [-0.39, 0.29) is 0 Å². The van der Waals surface area contributed by atoms with Crippen LogP contribution in [0, 0.1) is 5.41 Å². The number of allylic oxidation sites excluding steroid dienone is 2. The van der Waals surface area contributed by atoms with Crippen LogP contribution in [0.5, 0.6) is 0 Å².